The van der Waals surface area contributed by atoms with Gasteiger partial charge in [-0.2, -0.15) is 0 Å². The van der Waals surface area contributed by atoms with E-state index in [1.807, 2.05) is 48.2 Å². The Bertz CT molecular complexity index is 869. The van der Waals surface area contributed by atoms with Gasteiger partial charge in [0.05, 0.1) is 6.04 Å². The fourth-order valence-electron chi connectivity index (χ4n) is 3.29. The summed E-state index contributed by atoms with van der Waals surface area (Å²) in [5.74, 6) is 1.21. The zero-order chi connectivity index (χ0) is 17.2. The van der Waals surface area contributed by atoms with E-state index in [1.54, 1.807) is 6.07 Å². The predicted octanol–water partition coefficient (Wildman–Crippen LogP) is 4.01. The van der Waals surface area contributed by atoms with E-state index in [0.29, 0.717) is 18.0 Å². The molecule has 0 spiro atoms. The van der Waals surface area contributed by atoms with E-state index in [1.165, 1.54) is 0 Å². The Labute approximate surface area is 145 Å². The lowest BCUT2D eigenvalue weighted by Crippen LogP contribution is -2.38. The van der Waals surface area contributed by atoms with Crippen molar-refractivity contribution in [2.24, 2.45) is 0 Å². The molecular formula is C19H19N3O3. The molecule has 6 heteroatoms. The number of carbonyl (C=O) groups excluding carboxylic acids is 1. The molecule has 3 heterocycles. The molecule has 6 nitrogen and oxygen atoms in total. The van der Waals surface area contributed by atoms with Crippen molar-refractivity contribution in [1.29, 1.82) is 0 Å². The van der Waals surface area contributed by atoms with E-state index >= 15 is 0 Å². The zero-order valence-electron chi connectivity index (χ0n) is 14.0. The number of aryl methyl sites for hydroxylation is 1. The molecule has 0 aliphatic carbocycles. The predicted molar refractivity (Wildman–Crippen MR) is 90.8 cm³/mol. The monoisotopic (exact) mass is 337 g/mol. The van der Waals surface area contributed by atoms with Crippen LogP contribution in [0.4, 0.5) is 0 Å². The van der Waals surface area contributed by atoms with Crippen LogP contribution >= 0.6 is 0 Å². The summed E-state index contributed by atoms with van der Waals surface area (Å²) in [6.07, 6.45) is 2.91. The maximum Gasteiger partial charge on any atom is 0.276 e. The Morgan fingerprint density at radius 2 is 1.96 bits per heavy atom. The molecule has 0 N–H and O–H groups in total. The average molecular weight is 337 g/mol. The molecule has 1 amide bonds. The van der Waals surface area contributed by atoms with E-state index in [4.69, 9.17) is 9.05 Å². The van der Waals surface area contributed by atoms with Crippen LogP contribution in [0.25, 0.3) is 11.3 Å². The summed E-state index contributed by atoms with van der Waals surface area (Å²) in [7, 11) is 0. The van der Waals surface area contributed by atoms with E-state index in [2.05, 4.69) is 10.3 Å². The molecule has 0 unspecified atom stereocenters. The normalized spacial score (nSPS) is 17.6. The van der Waals surface area contributed by atoms with Crippen LogP contribution in [-0.2, 0) is 0 Å². The van der Waals surface area contributed by atoms with Crippen LogP contribution in [0.1, 0.15) is 47.2 Å². The Morgan fingerprint density at radius 3 is 2.72 bits per heavy atom. The van der Waals surface area contributed by atoms with E-state index < -0.39 is 0 Å². The third-order valence-electron chi connectivity index (χ3n) is 4.54. The minimum atomic E-state index is -0.128. The molecule has 3 aromatic rings. The van der Waals surface area contributed by atoms with Gasteiger partial charge in [-0.1, -0.05) is 40.6 Å². The molecule has 128 valence electrons. The first kappa shape index (κ1) is 15.6. The van der Waals surface area contributed by atoms with Gasteiger partial charge in [0, 0.05) is 24.2 Å². The minimum absolute atomic E-state index is 0.0735. The molecule has 4 rings (SSSR count). The van der Waals surface area contributed by atoms with Gasteiger partial charge in [0.1, 0.15) is 11.5 Å². The fraction of sp³-hybridized carbons (Fsp3) is 0.316. The smallest absolute Gasteiger partial charge is 0.276 e. The molecule has 1 fully saturated rings. The van der Waals surface area contributed by atoms with Gasteiger partial charge in [-0.15, -0.1) is 0 Å². The fourth-order valence-corrected chi connectivity index (χ4v) is 3.29. The van der Waals surface area contributed by atoms with E-state index in [-0.39, 0.29) is 11.9 Å². The molecule has 25 heavy (non-hydrogen) atoms. The first-order valence-electron chi connectivity index (χ1n) is 8.49. The molecule has 0 bridgehead atoms. The minimum Gasteiger partial charge on any atom is -0.361 e. The first-order valence-corrected chi connectivity index (χ1v) is 8.49. The lowest BCUT2D eigenvalue weighted by Gasteiger charge is -2.33. The highest BCUT2D eigenvalue weighted by molar-refractivity contribution is 5.93. The number of hydrogen-bond acceptors (Lipinski definition) is 5. The number of benzene rings is 1. The van der Waals surface area contributed by atoms with Crippen LogP contribution in [0.5, 0.6) is 0 Å². The van der Waals surface area contributed by atoms with Crippen molar-refractivity contribution in [2.75, 3.05) is 6.54 Å². The lowest BCUT2D eigenvalue weighted by atomic mass is 9.98. The van der Waals surface area contributed by atoms with Crippen molar-refractivity contribution in [1.82, 2.24) is 15.2 Å². The van der Waals surface area contributed by atoms with Gasteiger partial charge < -0.3 is 13.9 Å². The molecule has 1 aliphatic rings. The Kier molecular flexibility index (Phi) is 4.09. The van der Waals surface area contributed by atoms with Crippen molar-refractivity contribution in [3.05, 3.63) is 59.6 Å². The average Bonchev–Trinajstić information content (AvgIpc) is 3.31. The van der Waals surface area contributed by atoms with E-state index in [9.17, 15) is 4.79 Å². The van der Waals surface area contributed by atoms with Gasteiger partial charge in [-0.3, -0.25) is 4.79 Å². The molecular weight excluding hydrogens is 318 g/mol. The summed E-state index contributed by atoms with van der Waals surface area (Å²) in [4.78, 5) is 14.8. The molecule has 1 aliphatic heterocycles. The van der Waals surface area contributed by atoms with Gasteiger partial charge in [0.25, 0.3) is 5.91 Å². The molecule has 2 aromatic heterocycles. The number of aromatic nitrogens is 2. The summed E-state index contributed by atoms with van der Waals surface area (Å²) in [5.41, 5.74) is 2.03. The van der Waals surface area contributed by atoms with Crippen LogP contribution in [0.3, 0.4) is 0 Å². The lowest BCUT2D eigenvalue weighted by molar-refractivity contribution is 0.0591. The van der Waals surface area contributed by atoms with Crippen LogP contribution in [0, 0.1) is 6.92 Å². The van der Waals surface area contributed by atoms with Crippen molar-refractivity contribution < 1.29 is 13.8 Å². The van der Waals surface area contributed by atoms with Crippen molar-refractivity contribution in [3.8, 4) is 11.3 Å². The molecule has 1 atom stereocenters. The Morgan fingerprint density at radius 1 is 1.12 bits per heavy atom. The SMILES string of the molecule is Cc1cc([C@@H]2CCCCN2C(=O)c2cc(-c3ccccc3)on2)no1. The topological polar surface area (TPSA) is 72.4 Å². The molecule has 1 aromatic carbocycles. The van der Waals surface area contributed by atoms with Gasteiger partial charge in [0.15, 0.2) is 11.5 Å². The number of nitrogens with zero attached hydrogens (tertiary/aromatic N) is 3. The maximum absolute atomic E-state index is 13.0. The van der Waals surface area contributed by atoms with Gasteiger partial charge >= 0.3 is 0 Å². The van der Waals surface area contributed by atoms with Gasteiger partial charge in [0.2, 0.25) is 0 Å². The third kappa shape index (κ3) is 3.07. The Hall–Kier alpha value is -2.89. The highest BCUT2D eigenvalue weighted by atomic mass is 16.5. The van der Waals surface area contributed by atoms with Gasteiger partial charge in [-0.25, -0.2) is 0 Å². The standard InChI is InChI=1S/C19H19N3O3/c1-13-11-15(20-24-13)17-9-5-6-10-22(17)19(23)16-12-18(25-21-16)14-7-3-2-4-8-14/h2-4,7-8,11-12,17H,5-6,9-10H2,1H3/t17-/m0/s1. The number of piperidine rings is 1. The number of amides is 1. The van der Waals surface area contributed by atoms with Crippen molar-refractivity contribution in [2.45, 2.75) is 32.2 Å². The summed E-state index contributed by atoms with van der Waals surface area (Å²) in [5, 5.41) is 8.10. The quantitative estimate of drug-likeness (QED) is 0.722. The summed E-state index contributed by atoms with van der Waals surface area (Å²) >= 11 is 0. The van der Waals surface area contributed by atoms with Crippen LogP contribution in [-0.4, -0.2) is 27.7 Å². The summed E-state index contributed by atoms with van der Waals surface area (Å²) in [6.45, 7) is 2.54. The second-order valence-electron chi connectivity index (χ2n) is 6.31. The number of likely N-dealkylation sites (tertiary alicyclic amines) is 1. The van der Waals surface area contributed by atoms with Crippen LogP contribution in [0.2, 0.25) is 0 Å². The highest BCUT2D eigenvalue weighted by Gasteiger charge is 2.32. The number of rotatable bonds is 3. The summed E-state index contributed by atoms with van der Waals surface area (Å²) < 4.78 is 10.6. The molecule has 0 saturated carbocycles. The largest absolute Gasteiger partial charge is 0.361 e. The van der Waals surface area contributed by atoms with Crippen molar-refractivity contribution in [3.63, 3.8) is 0 Å². The highest BCUT2D eigenvalue weighted by Crippen LogP contribution is 2.32. The molecule has 0 radical (unpaired) electrons. The zero-order valence-corrected chi connectivity index (χ0v) is 14.0. The van der Waals surface area contributed by atoms with Gasteiger partial charge in [-0.05, 0) is 26.2 Å². The first-order chi connectivity index (χ1) is 12.2. The second kappa shape index (κ2) is 6.55. The number of hydrogen-bond donors (Lipinski definition) is 0. The third-order valence-corrected chi connectivity index (χ3v) is 4.54. The van der Waals surface area contributed by atoms with E-state index in [0.717, 1.165) is 36.3 Å². The Balaban J connectivity index is 1.60. The molecule has 1 saturated heterocycles. The number of carbonyl (C=O) groups is 1. The van der Waals surface area contributed by atoms with Crippen LogP contribution < -0.4 is 0 Å². The maximum atomic E-state index is 13.0. The summed E-state index contributed by atoms with van der Waals surface area (Å²) in [6, 6.07) is 13.2. The second-order valence-corrected chi connectivity index (χ2v) is 6.31. The van der Waals surface area contributed by atoms with Crippen LogP contribution in [0.15, 0.2) is 51.5 Å². The van der Waals surface area contributed by atoms with Crippen molar-refractivity contribution >= 4 is 5.91 Å².